The van der Waals surface area contributed by atoms with Gasteiger partial charge in [-0.05, 0) is 6.08 Å². The first-order chi connectivity index (χ1) is 15.4. The van der Waals surface area contributed by atoms with Gasteiger partial charge in [-0.2, -0.15) is 8.62 Å². The summed E-state index contributed by atoms with van der Waals surface area (Å²) >= 11 is 0. The maximum Gasteiger partial charge on any atom is 0.490 e. The van der Waals surface area contributed by atoms with Crippen LogP contribution in [-0.2, 0) is 31.6 Å². The number of nitrogens with one attached hydrogen (secondary N) is 1. The minimum Gasteiger partial charge on any atom is -0.386 e. The van der Waals surface area contributed by atoms with Crippen LogP contribution in [0.1, 0.15) is 6.23 Å². The molecule has 1 saturated heterocycles. The summed E-state index contributed by atoms with van der Waals surface area (Å²) in [5.41, 5.74) is -5.39. The van der Waals surface area contributed by atoms with E-state index in [0.717, 1.165) is 12.3 Å². The predicted octanol–water partition coefficient (Wildman–Crippen LogP) is -1.45. The van der Waals surface area contributed by atoms with Crippen molar-refractivity contribution in [3.63, 3.8) is 0 Å². The highest BCUT2D eigenvalue weighted by Gasteiger charge is 2.64. The quantitative estimate of drug-likeness (QED) is 0.129. The molecular formula is C13H18FN2O15P3. The fraction of sp³-hybridized carbons (Fsp3) is 0.462. The molecule has 0 saturated carbocycles. The molecule has 1 aromatic rings. The van der Waals surface area contributed by atoms with E-state index in [1.165, 1.54) is 0 Å². The Morgan fingerprint density at radius 3 is 2.35 bits per heavy atom. The summed E-state index contributed by atoms with van der Waals surface area (Å²) in [5.74, 6) is 0. The molecule has 1 aromatic heterocycles. The Morgan fingerprint density at radius 2 is 1.85 bits per heavy atom. The van der Waals surface area contributed by atoms with Gasteiger partial charge < -0.3 is 34.5 Å². The lowest BCUT2D eigenvalue weighted by Gasteiger charge is -2.31. The fourth-order valence-corrected chi connectivity index (χ4v) is 5.97. The van der Waals surface area contributed by atoms with Crippen LogP contribution in [0.2, 0.25) is 0 Å². The predicted molar refractivity (Wildman–Crippen MR) is 105 cm³/mol. The molecule has 192 valence electrons. The van der Waals surface area contributed by atoms with Crippen LogP contribution in [0.5, 0.6) is 0 Å². The molecule has 0 radical (unpaired) electrons. The highest BCUT2D eigenvalue weighted by atomic mass is 31.3. The van der Waals surface area contributed by atoms with Crippen LogP contribution in [0.15, 0.2) is 40.2 Å². The van der Waals surface area contributed by atoms with Gasteiger partial charge in [-0.1, -0.05) is 6.58 Å². The molecule has 0 aliphatic carbocycles. The van der Waals surface area contributed by atoms with Crippen LogP contribution in [-0.4, -0.2) is 69.9 Å². The maximum absolute atomic E-state index is 14.1. The molecule has 6 atom stereocenters. The normalized spacial score (nSPS) is 30.8. The molecule has 1 aliphatic rings. The lowest BCUT2D eigenvalue weighted by Crippen LogP contribution is -2.53. The third-order valence-corrected chi connectivity index (χ3v) is 8.01. The van der Waals surface area contributed by atoms with Crippen LogP contribution in [0.3, 0.4) is 0 Å². The van der Waals surface area contributed by atoms with Gasteiger partial charge in [0.1, 0.15) is 12.8 Å². The van der Waals surface area contributed by atoms with Crippen molar-refractivity contribution in [2.24, 2.45) is 0 Å². The molecule has 0 bridgehead atoms. The molecule has 0 aromatic carbocycles. The molecule has 6 unspecified atom stereocenters. The fourth-order valence-electron chi connectivity index (χ4n) is 2.89. The SMILES string of the molecule is C=C=CC1(O)C(n2ccc(=O)[nH]c2=O)OC(CF)(COP(=O)(O)OP(=O)(O)OP(=O)(O)O)C1O. The van der Waals surface area contributed by atoms with Gasteiger partial charge >= 0.3 is 29.2 Å². The zero-order valence-corrected chi connectivity index (χ0v) is 19.2. The average Bonchev–Trinajstić information content (AvgIpc) is 2.86. The van der Waals surface area contributed by atoms with Crippen LogP contribution >= 0.6 is 23.5 Å². The van der Waals surface area contributed by atoms with Gasteiger partial charge in [-0.3, -0.25) is 18.9 Å². The lowest BCUT2D eigenvalue weighted by atomic mass is 9.87. The van der Waals surface area contributed by atoms with Gasteiger partial charge in [-0.15, -0.1) is 5.73 Å². The molecule has 2 rings (SSSR count). The van der Waals surface area contributed by atoms with Crippen LogP contribution in [0.4, 0.5) is 4.39 Å². The van der Waals surface area contributed by atoms with Crippen LogP contribution in [0, 0.1) is 0 Å². The Morgan fingerprint density at radius 1 is 1.24 bits per heavy atom. The molecule has 17 nitrogen and oxygen atoms in total. The number of ether oxygens (including phenoxy) is 1. The molecule has 7 N–H and O–H groups in total. The topological polar surface area (TPSA) is 264 Å². The van der Waals surface area contributed by atoms with Crippen molar-refractivity contribution in [2.45, 2.75) is 23.5 Å². The second-order valence-corrected chi connectivity index (χ2v) is 11.1. The second kappa shape index (κ2) is 9.82. The van der Waals surface area contributed by atoms with Crippen molar-refractivity contribution < 1.29 is 65.8 Å². The number of halogens is 1. The number of rotatable bonds is 10. The van der Waals surface area contributed by atoms with E-state index in [0.29, 0.717) is 10.6 Å². The van der Waals surface area contributed by atoms with Crippen LogP contribution in [0.25, 0.3) is 0 Å². The highest BCUT2D eigenvalue weighted by molar-refractivity contribution is 7.66. The Kier molecular flexibility index (Phi) is 8.27. The number of nitrogens with zero attached hydrogens (tertiary/aromatic N) is 1. The first-order valence-electron chi connectivity index (χ1n) is 8.51. The summed E-state index contributed by atoms with van der Waals surface area (Å²) in [4.78, 5) is 61.1. The number of hydrogen-bond donors (Lipinski definition) is 7. The van der Waals surface area contributed by atoms with E-state index in [1.54, 1.807) is 0 Å². The van der Waals surface area contributed by atoms with E-state index in [-0.39, 0.29) is 0 Å². The van der Waals surface area contributed by atoms with Gasteiger partial charge in [0.05, 0.1) is 6.61 Å². The molecular weight excluding hydrogens is 536 g/mol. The Balaban J connectivity index is 2.39. The summed E-state index contributed by atoms with van der Waals surface area (Å²) in [5, 5.41) is 21.5. The van der Waals surface area contributed by atoms with Crippen molar-refractivity contribution in [1.29, 1.82) is 0 Å². The first kappa shape index (κ1) is 28.7. The number of phosphoric ester groups is 1. The van der Waals surface area contributed by atoms with E-state index in [2.05, 4.69) is 25.5 Å². The number of aromatic nitrogens is 2. The van der Waals surface area contributed by atoms with Crippen molar-refractivity contribution in [2.75, 3.05) is 13.3 Å². The van der Waals surface area contributed by atoms with Gasteiger partial charge in [0, 0.05) is 12.3 Å². The lowest BCUT2D eigenvalue weighted by molar-refractivity contribution is -0.137. The molecule has 0 amide bonds. The number of hydrogen-bond acceptors (Lipinski definition) is 11. The van der Waals surface area contributed by atoms with E-state index in [4.69, 9.17) is 14.5 Å². The Labute approximate surface area is 187 Å². The zero-order valence-electron chi connectivity index (χ0n) is 16.5. The van der Waals surface area contributed by atoms with E-state index >= 15 is 0 Å². The summed E-state index contributed by atoms with van der Waals surface area (Å²) in [6.45, 7) is -0.0973. The highest BCUT2D eigenvalue weighted by Crippen LogP contribution is 2.66. The van der Waals surface area contributed by atoms with Crippen molar-refractivity contribution in [3.05, 3.63) is 51.5 Å². The monoisotopic (exact) mass is 554 g/mol. The number of alkyl halides is 1. The third-order valence-electron chi connectivity index (χ3n) is 4.23. The standard InChI is InChI=1S/C13H18FN2O15P3/c1-2-4-13(20)9(18)12(6-14,29-10(13)16-5-3-8(17)15-11(16)19)7-28-33(24,25)31-34(26,27)30-32(21,22)23/h3-5,9-10,18,20H,1,6-7H2,(H,24,25)(H,26,27)(H,15,17,19)(H2,21,22,23). The van der Waals surface area contributed by atoms with Gasteiger partial charge in [-0.25, -0.2) is 22.9 Å². The number of aliphatic hydroxyl groups is 2. The zero-order chi connectivity index (χ0) is 26.2. The largest absolute Gasteiger partial charge is 0.490 e. The Bertz CT molecular complexity index is 1240. The van der Waals surface area contributed by atoms with E-state index in [1.807, 2.05) is 4.98 Å². The molecule has 1 aliphatic heterocycles. The van der Waals surface area contributed by atoms with E-state index < -0.39 is 71.5 Å². The van der Waals surface area contributed by atoms with Crippen LogP contribution < -0.4 is 11.2 Å². The molecule has 34 heavy (non-hydrogen) atoms. The van der Waals surface area contributed by atoms with E-state index in [9.17, 15) is 47.7 Å². The molecule has 1 fully saturated rings. The Hall–Kier alpha value is -1.58. The summed E-state index contributed by atoms with van der Waals surface area (Å²) in [6, 6.07) is 0.816. The van der Waals surface area contributed by atoms with Gasteiger partial charge in [0.15, 0.2) is 17.4 Å². The summed E-state index contributed by atoms with van der Waals surface area (Å²) in [6.07, 6.45) is -2.91. The summed E-state index contributed by atoms with van der Waals surface area (Å²) < 4.78 is 65.3. The maximum atomic E-state index is 14.1. The molecule has 21 heteroatoms. The number of phosphoric acid groups is 3. The van der Waals surface area contributed by atoms with Gasteiger partial charge in [0.25, 0.3) is 5.56 Å². The number of H-pyrrole nitrogens is 1. The van der Waals surface area contributed by atoms with Gasteiger partial charge in [0.2, 0.25) is 0 Å². The minimum atomic E-state index is -5.90. The summed E-state index contributed by atoms with van der Waals surface area (Å²) in [7, 11) is -17.4. The molecule has 0 spiro atoms. The smallest absolute Gasteiger partial charge is 0.386 e. The van der Waals surface area contributed by atoms with Crippen molar-refractivity contribution in [3.8, 4) is 0 Å². The first-order valence-corrected chi connectivity index (χ1v) is 13.0. The van der Waals surface area contributed by atoms with Crippen molar-refractivity contribution in [1.82, 2.24) is 9.55 Å². The number of aromatic amines is 1. The van der Waals surface area contributed by atoms with Crippen molar-refractivity contribution >= 4 is 23.5 Å². The third kappa shape index (κ3) is 6.34. The molecule has 2 heterocycles. The minimum absolute atomic E-state index is 0.528. The second-order valence-electron chi connectivity index (χ2n) is 6.69. The average molecular weight is 554 g/mol. The number of aliphatic hydroxyl groups excluding tert-OH is 1.